The molecule has 0 amide bonds. The molecule has 0 saturated carbocycles. The van der Waals surface area contributed by atoms with Crippen molar-refractivity contribution in [2.24, 2.45) is 0 Å². The Hall–Kier alpha value is 0.1000. The van der Waals surface area contributed by atoms with Gasteiger partial charge in [0.25, 0.3) is 0 Å². The van der Waals surface area contributed by atoms with Crippen molar-refractivity contribution in [3.63, 3.8) is 0 Å². The molecular weight excluding hydrogens is 278 g/mol. The van der Waals surface area contributed by atoms with Crippen molar-refractivity contribution < 1.29 is 0 Å². The summed E-state index contributed by atoms with van der Waals surface area (Å²) in [6.45, 7) is 10.5. The van der Waals surface area contributed by atoms with Crippen LogP contribution >= 0.6 is 35.9 Å². The molecule has 18 heavy (non-hydrogen) atoms. The zero-order valence-corrected chi connectivity index (χ0v) is 14.4. The summed E-state index contributed by atoms with van der Waals surface area (Å²) < 4.78 is 2.35. The van der Waals surface area contributed by atoms with Crippen molar-refractivity contribution in [1.82, 2.24) is 4.31 Å². The van der Waals surface area contributed by atoms with Crippen molar-refractivity contribution >= 4 is 35.9 Å². The van der Waals surface area contributed by atoms with Gasteiger partial charge in [0.2, 0.25) is 0 Å². The lowest BCUT2D eigenvalue weighted by Crippen LogP contribution is -2.17. The summed E-state index contributed by atoms with van der Waals surface area (Å²) in [6.07, 6.45) is 3.39. The first-order valence-electron chi connectivity index (χ1n) is 6.35. The number of thiol groups is 1. The third-order valence-electron chi connectivity index (χ3n) is 1.97. The summed E-state index contributed by atoms with van der Waals surface area (Å²) in [6, 6.07) is 2.18. The van der Waals surface area contributed by atoms with Crippen LogP contribution in [0.3, 0.4) is 0 Å². The Balaban J connectivity index is 0.000000873. The molecule has 1 heterocycles. The van der Waals surface area contributed by atoms with Gasteiger partial charge in [-0.2, -0.15) is 24.0 Å². The molecular formula is C14H25NS3. The van der Waals surface area contributed by atoms with Crippen molar-refractivity contribution in [1.29, 1.82) is 0 Å². The van der Waals surface area contributed by atoms with Crippen LogP contribution in [-0.2, 0) is 6.54 Å². The lowest BCUT2D eigenvalue weighted by molar-refractivity contribution is 0.500. The first-order chi connectivity index (χ1) is 8.67. The third-order valence-corrected chi connectivity index (χ3v) is 3.99. The van der Waals surface area contributed by atoms with Gasteiger partial charge in [0.1, 0.15) is 0 Å². The monoisotopic (exact) mass is 303 g/mol. The molecule has 104 valence electrons. The van der Waals surface area contributed by atoms with E-state index >= 15 is 0 Å². The van der Waals surface area contributed by atoms with Gasteiger partial charge in [0, 0.05) is 18.8 Å². The minimum absolute atomic E-state index is 0.897. The molecule has 0 unspecified atom stereocenters. The van der Waals surface area contributed by atoms with Gasteiger partial charge in [-0.25, -0.2) is 4.31 Å². The topological polar surface area (TPSA) is 3.24 Å². The smallest absolute Gasteiger partial charge is 0.0352 e. The predicted octanol–water partition coefficient (Wildman–Crippen LogP) is 5.47. The minimum atomic E-state index is 0.897. The van der Waals surface area contributed by atoms with E-state index in [0.717, 1.165) is 18.8 Å². The Morgan fingerprint density at radius 1 is 1.50 bits per heavy atom. The Bertz CT molecular complexity index is 307. The Kier molecular flexibility index (Phi) is 12.2. The number of rotatable bonds is 6. The van der Waals surface area contributed by atoms with Crippen LogP contribution in [0.1, 0.15) is 39.7 Å². The lowest BCUT2D eigenvalue weighted by Gasteiger charge is -2.19. The Morgan fingerprint density at radius 3 is 2.61 bits per heavy atom. The molecule has 1 aromatic rings. The number of nitrogens with zero attached hydrogens (tertiary/aromatic N) is 1. The molecule has 1 rings (SSSR count). The number of hydrogen-bond acceptors (Lipinski definition) is 4. The maximum absolute atomic E-state index is 4.29. The van der Waals surface area contributed by atoms with Crippen LogP contribution in [0.5, 0.6) is 0 Å². The van der Waals surface area contributed by atoms with Gasteiger partial charge >= 0.3 is 0 Å². The van der Waals surface area contributed by atoms with E-state index in [9.17, 15) is 0 Å². The highest BCUT2D eigenvalue weighted by molar-refractivity contribution is 8.00. The molecule has 0 aromatic carbocycles. The highest BCUT2D eigenvalue weighted by atomic mass is 32.2. The van der Waals surface area contributed by atoms with Crippen LogP contribution in [0.4, 0.5) is 0 Å². The molecule has 0 aliphatic heterocycles. The summed E-state index contributed by atoms with van der Waals surface area (Å²) in [7, 11) is 0. The molecule has 1 aromatic heterocycles. The molecule has 1 nitrogen and oxygen atoms in total. The standard InChI is InChI=1S/C11H17NS3.C3H8/c1-3-10(2)15-12(5-6-13)8-11-4-7-14-9-11;1-3-2/h3-4,7,9,13H,5-6,8H2,1-2H3;3H2,1-2H3/b10-3+;. The third kappa shape index (κ3) is 9.09. The fraction of sp³-hybridized carbons (Fsp3) is 0.571. The number of hydrogen-bond donors (Lipinski definition) is 1. The molecule has 0 radical (unpaired) electrons. The molecule has 4 heteroatoms. The number of thiophene rings is 1. The lowest BCUT2D eigenvalue weighted by atomic mass is 10.3. The van der Waals surface area contributed by atoms with Crippen LogP contribution in [0.2, 0.25) is 0 Å². The van der Waals surface area contributed by atoms with Gasteiger partial charge in [0.15, 0.2) is 0 Å². The van der Waals surface area contributed by atoms with E-state index in [1.807, 2.05) is 11.9 Å². The zero-order chi connectivity index (χ0) is 13.8. The second-order valence-electron chi connectivity index (χ2n) is 3.92. The molecule has 0 fully saturated rings. The summed E-state index contributed by atoms with van der Waals surface area (Å²) in [5, 5.41) is 4.33. The van der Waals surface area contributed by atoms with E-state index in [0.29, 0.717) is 0 Å². The Labute approximate surface area is 126 Å². The highest BCUT2D eigenvalue weighted by Gasteiger charge is 2.06. The fourth-order valence-corrected chi connectivity index (χ4v) is 3.06. The summed E-state index contributed by atoms with van der Waals surface area (Å²) in [5.41, 5.74) is 1.39. The van der Waals surface area contributed by atoms with Gasteiger partial charge in [-0.05, 0) is 53.1 Å². The van der Waals surface area contributed by atoms with Crippen LogP contribution in [-0.4, -0.2) is 16.6 Å². The van der Waals surface area contributed by atoms with Crippen LogP contribution in [0, 0.1) is 0 Å². The quantitative estimate of drug-likeness (QED) is 0.548. The van der Waals surface area contributed by atoms with Gasteiger partial charge < -0.3 is 0 Å². The van der Waals surface area contributed by atoms with Crippen molar-refractivity contribution in [3.8, 4) is 0 Å². The van der Waals surface area contributed by atoms with Crippen LogP contribution in [0.15, 0.2) is 27.8 Å². The van der Waals surface area contributed by atoms with E-state index in [1.54, 1.807) is 11.3 Å². The average molecular weight is 304 g/mol. The summed E-state index contributed by atoms with van der Waals surface area (Å²) >= 11 is 7.86. The molecule has 0 bridgehead atoms. The summed E-state index contributed by atoms with van der Waals surface area (Å²) in [4.78, 5) is 1.34. The fourth-order valence-electron chi connectivity index (χ4n) is 1.11. The van der Waals surface area contributed by atoms with Gasteiger partial charge in [-0.1, -0.05) is 26.3 Å². The summed E-state index contributed by atoms with van der Waals surface area (Å²) in [5.74, 6) is 0.897. The van der Waals surface area contributed by atoms with Gasteiger partial charge in [-0.3, -0.25) is 0 Å². The normalized spacial score (nSPS) is 11.3. The predicted molar refractivity (Wildman–Crippen MR) is 91.6 cm³/mol. The number of allylic oxidation sites excluding steroid dienone is 2. The van der Waals surface area contributed by atoms with E-state index in [1.165, 1.54) is 16.9 Å². The zero-order valence-electron chi connectivity index (χ0n) is 11.8. The Morgan fingerprint density at radius 2 is 2.17 bits per heavy atom. The van der Waals surface area contributed by atoms with Crippen molar-refractivity contribution in [3.05, 3.63) is 33.4 Å². The largest absolute Gasteiger partial charge is 0.241 e. The maximum Gasteiger partial charge on any atom is 0.0352 e. The van der Waals surface area contributed by atoms with E-state index in [2.05, 4.69) is 67.5 Å². The molecule has 0 aliphatic carbocycles. The second-order valence-corrected chi connectivity index (χ2v) is 6.49. The molecule has 0 atom stereocenters. The molecule has 0 N–H and O–H groups in total. The van der Waals surface area contributed by atoms with E-state index in [-0.39, 0.29) is 0 Å². The van der Waals surface area contributed by atoms with Gasteiger partial charge in [-0.15, -0.1) is 0 Å². The minimum Gasteiger partial charge on any atom is -0.241 e. The molecule has 0 spiro atoms. The van der Waals surface area contributed by atoms with Gasteiger partial charge in [0.05, 0.1) is 0 Å². The van der Waals surface area contributed by atoms with Crippen molar-refractivity contribution in [2.45, 2.75) is 40.7 Å². The van der Waals surface area contributed by atoms with Crippen molar-refractivity contribution in [2.75, 3.05) is 12.3 Å². The SMILES string of the molecule is C/C=C(\C)SN(CCS)Cc1ccsc1.CCC. The van der Waals surface area contributed by atoms with Crippen LogP contribution in [0.25, 0.3) is 0 Å². The molecule has 0 saturated heterocycles. The first-order valence-corrected chi connectivity index (χ1v) is 8.70. The molecule has 0 aliphatic rings. The second kappa shape index (κ2) is 12.2. The highest BCUT2D eigenvalue weighted by Crippen LogP contribution is 2.23. The first kappa shape index (κ1) is 18.1. The maximum atomic E-state index is 4.29. The van der Waals surface area contributed by atoms with Crippen LogP contribution < -0.4 is 0 Å². The average Bonchev–Trinajstić information content (AvgIpc) is 2.83. The van der Waals surface area contributed by atoms with E-state index < -0.39 is 0 Å². The van der Waals surface area contributed by atoms with E-state index in [4.69, 9.17) is 0 Å².